The normalized spacial score (nSPS) is 10.3. The molecule has 2 nitrogen and oxygen atoms in total. The van der Waals surface area contributed by atoms with Crippen molar-refractivity contribution in [1.82, 2.24) is 0 Å². The van der Waals surface area contributed by atoms with E-state index < -0.39 is 0 Å². The molecule has 0 aliphatic rings. The summed E-state index contributed by atoms with van der Waals surface area (Å²) in [6, 6.07) is 0. The second-order valence-electron chi connectivity index (χ2n) is 4.84. The van der Waals surface area contributed by atoms with E-state index >= 15 is 0 Å². The zero-order valence-corrected chi connectivity index (χ0v) is 16.4. The molecule has 19 heavy (non-hydrogen) atoms. The Morgan fingerprint density at radius 1 is 0.684 bits per heavy atom. The van der Waals surface area contributed by atoms with Gasteiger partial charge in [0.05, 0.1) is 0 Å². The Labute approximate surface area is 137 Å². The molecule has 1 heterocycles. The molecule has 0 aliphatic heterocycles. The van der Waals surface area contributed by atoms with Crippen LogP contribution in [0.1, 0.15) is 33.4 Å². The summed E-state index contributed by atoms with van der Waals surface area (Å²) in [4.78, 5) is 11.7. The van der Waals surface area contributed by atoms with Gasteiger partial charge in [0.15, 0.2) is 0 Å². The van der Waals surface area contributed by atoms with Gasteiger partial charge in [0, 0.05) is 48.2 Å². The van der Waals surface area contributed by atoms with Gasteiger partial charge in [-0.15, -0.1) is 0 Å². The van der Waals surface area contributed by atoms with Gasteiger partial charge >= 0.3 is 5.63 Å². The zero-order chi connectivity index (χ0) is 14.9. The van der Waals surface area contributed by atoms with Crippen LogP contribution in [-0.2, 0) is 0 Å². The first-order valence-corrected chi connectivity index (χ1v) is 12.3. The number of benzene rings is 1. The third kappa shape index (κ3) is 2.84. The first-order valence-electron chi connectivity index (χ1n) is 6.01. The number of hydrogen-bond acceptors (Lipinski definition) is 2. The summed E-state index contributed by atoms with van der Waals surface area (Å²) < 4.78 is 5.47. The molecule has 0 radical (unpaired) electrons. The van der Waals surface area contributed by atoms with Crippen molar-refractivity contribution in [3.05, 3.63) is 43.8 Å². The maximum Gasteiger partial charge on any atom is 0.339 e. The predicted octanol–water partition coefficient (Wildman–Crippen LogP) is 5.41. The number of hydrogen-bond donors (Lipinski definition) is 0. The highest BCUT2D eigenvalue weighted by Gasteiger charge is 2.15. The largest absolute Gasteiger partial charge is 0.422 e. The van der Waals surface area contributed by atoms with E-state index in [1.165, 1.54) is 16.7 Å². The molecule has 2 rings (SSSR count). The van der Waals surface area contributed by atoms with Gasteiger partial charge in [-0.05, 0) is 69.4 Å². The molecule has 4 heteroatoms. The molecule has 1 aromatic carbocycles. The van der Waals surface area contributed by atoms with Crippen LogP contribution in [0.4, 0.5) is 0 Å². The molecule has 0 amide bonds. The molecular weight excluding hydrogens is 466 g/mol. The fraction of sp³-hybridized carbons (Fsp3) is 0.400. The van der Waals surface area contributed by atoms with E-state index in [0.717, 1.165) is 22.1 Å². The summed E-state index contributed by atoms with van der Waals surface area (Å²) in [6.45, 7) is 12.1. The van der Waals surface area contributed by atoms with Crippen molar-refractivity contribution in [2.45, 2.75) is 41.5 Å². The van der Waals surface area contributed by atoms with E-state index in [1.807, 2.05) is 20.8 Å². The van der Waals surface area contributed by atoms with Crippen LogP contribution in [0.15, 0.2) is 9.21 Å². The molecule has 0 atom stereocenters. The monoisotopic (exact) mass is 484 g/mol. The van der Waals surface area contributed by atoms with Crippen LogP contribution in [0, 0.1) is 41.5 Å². The lowest BCUT2D eigenvalue weighted by Gasteiger charge is -2.15. The molecule has 0 saturated heterocycles. The smallest absolute Gasteiger partial charge is 0.339 e. The van der Waals surface area contributed by atoms with Gasteiger partial charge < -0.3 is 4.42 Å². The van der Waals surface area contributed by atoms with Gasteiger partial charge in [0.25, 0.3) is 0 Å². The Bertz CT molecular complexity index is 685. The second kappa shape index (κ2) is 6.56. The highest BCUT2D eigenvalue weighted by molar-refractivity contribution is 15.0. The highest BCUT2D eigenvalue weighted by Crippen LogP contribution is 2.31. The molecule has 104 valence electrons. The fourth-order valence-electron chi connectivity index (χ4n) is 2.37. The lowest BCUT2D eigenvalue weighted by molar-refractivity contribution is 0.550. The Kier molecular flexibility index (Phi) is 5.85. The van der Waals surface area contributed by atoms with E-state index in [-0.39, 0.29) is 5.63 Å². The van der Waals surface area contributed by atoms with Gasteiger partial charge in [-0.2, -0.15) is 0 Å². The van der Waals surface area contributed by atoms with Gasteiger partial charge in [0.2, 0.25) is 0 Å². The van der Waals surface area contributed by atoms with Gasteiger partial charge in [-0.3, -0.25) is 0 Å². The van der Waals surface area contributed by atoms with Gasteiger partial charge in [0.1, 0.15) is 5.58 Å². The second-order valence-corrected chi connectivity index (χ2v) is 4.84. The summed E-state index contributed by atoms with van der Waals surface area (Å²) >= 11 is 4.24. The molecule has 0 aliphatic carbocycles. The average molecular weight is 484 g/mol. The molecule has 0 spiro atoms. The van der Waals surface area contributed by atoms with E-state index in [1.54, 1.807) is 0 Å². The quantitative estimate of drug-likeness (QED) is 0.370. The van der Waals surface area contributed by atoms with E-state index in [9.17, 15) is 4.79 Å². The van der Waals surface area contributed by atoms with Crippen LogP contribution < -0.4 is 5.63 Å². The van der Waals surface area contributed by atoms with Crippen molar-refractivity contribution in [2.75, 3.05) is 0 Å². The van der Waals surface area contributed by atoms with Crippen molar-refractivity contribution in [2.24, 2.45) is 0 Å². The van der Waals surface area contributed by atoms with E-state index in [2.05, 4.69) is 58.0 Å². The molecule has 2 aromatic rings. The highest BCUT2D eigenvalue weighted by atomic mass is 128. The summed E-state index contributed by atoms with van der Waals surface area (Å²) in [5.74, 6) is 0. The molecule has 0 fully saturated rings. The summed E-state index contributed by atoms with van der Waals surface area (Å²) in [6.07, 6.45) is 0. The van der Waals surface area contributed by atoms with Crippen LogP contribution >= 0.6 is 37.2 Å². The number of aryl methyl sites for hydroxylation is 3. The fourth-order valence-corrected chi connectivity index (χ4v) is 2.37. The minimum absolute atomic E-state index is 0.222. The summed E-state index contributed by atoms with van der Waals surface area (Å²) in [5, 5.41) is 1.10. The van der Waals surface area contributed by atoms with E-state index in [0.29, 0.717) is 5.56 Å². The Morgan fingerprint density at radius 2 is 1.11 bits per heavy atom. The first-order chi connectivity index (χ1) is 8.86. The van der Waals surface area contributed by atoms with Crippen LogP contribution in [0.5, 0.6) is 0 Å². The van der Waals surface area contributed by atoms with E-state index in [4.69, 9.17) is 4.42 Å². The van der Waals surface area contributed by atoms with Crippen molar-refractivity contribution in [3.8, 4) is 0 Å². The zero-order valence-electron chi connectivity index (χ0n) is 12.1. The summed E-state index contributed by atoms with van der Waals surface area (Å²) in [7, 11) is 0. The van der Waals surface area contributed by atoms with Gasteiger partial charge in [-0.25, -0.2) is 4.79 Å². The number of rotatable bonds is 0. The Hall–Kier alpha value is -0.110. The minimum atomic E-state index is -0.222. The van der Waals surface area contributed by atoms with Crippen LogP contribution in [-0.4, -0.2) is 0 Å². The predicted molar refractivity (Wildman–Crippen MR) is 98.9 cm³/mol. The molecule has 0 saturated carbocycles. The lowest BCUT2D eigenvalue weighted by Crippen LogP contribution is -2.08. The third-order valence-electron chi connectivity index (χ3n) is 4.07. The van der Waals surface area contributed by atoms with Crippen molar-refractivity contribution in [1.29, 1.82) is 0 Å². The summed E-state index contributed by atoms with van der Waals surface area (Å²) in [5.41, 5.74) is 7.06. The molecule has 1 aromatic heterocycles. The average Bonchev–Trinajstić information content (AvgIpc) is 2.42. The molecule has 0 bridgehead atoms. The topological polar surface area (TPSA) is 30.2 Å². The maximum atomic E-state index is 11.7. The standard InChI is InChI=1S/C15H18O2.I2/c1-7-8(2)11(5)14-13(9(7)3)10(4)12(6)15(16)17-14;1-2/h1-6H3;. The van der Waals surface area contributed by atoms with Crippen LogP contribution in [0.25, 0.3) is 11.0 Å². The first kappa shape index (κ1) is 16.9. The number of fused-ring (bicyclic) bond motifs is 1. The van der Waals surface area contributed by atoms with Crippen molar-refractivity contribution < 1.29 is 4.42 Å². The Morgan fingerprint density at radius 3 is 1.63 bits per heavy atom. The SMILES string of the molecule is Cc1c(C)c(C)c2c(C)c(C)c(=O)oc2c1C.II. The number of halogens is 2. The molecule has 0 unspecified atom stereocenters. The van der Waals surface area contributed by atoms with Crippen LogP contribution in [0.3, 0.4) is 0 Å². The third-order valence-corrected chi connectivity index (χ3v) is 4.07. The Balaban J connectivity index is 0.000000861. The molecule has 0 N–H and O–H groups in total. The maximum absolute atomic E-state index is 11.7. The van der Waals surface area contributed by atoms with Crippen molar-refractivity contribution >= 4 is 48.2 Å². The van der Waals surface area contributed by atoms with Gasteiger partial charge in [-0.1, -0.05) is 0 Å². The minimum Gasteiger partial charge on any atom is -0.422 e. The van der Waals surface area contributed by atoms with Crippen LogP contribution in [0.2, 0.25) is 0 Å². The lowest BCUT2D eigenvalue weighted by atomic mass is 9.92. The van der Waals surface area contributed by atoms with Crippen molar-refractivity contribution in [3.63, 3.8) is 0 Å². The molecular formula is C15H18I2O2.